The van der Waals surface area contributed by atoms with Gasteiger partial charge in [0.15, 0.2) is 9.84 Å². The molecule has 0 amide bonds. The van der Waals surface area contributed by atoms with Crippen LogP contribution in [-0.2, 0) is 14.6 Å². The van der Waals surface area contributed by atoms with Crippen molar-refractivity contribution in [3.63, 3.8) is 0 Å². The van der Waals surface area contributed by atoms with E-state index in [1.807, 2.05) is 54.6 Å². The van der Waals surface area contributed by atoms with Gasteiger partial charge in [0, 0.05) is 0 Å². The average Bonchev–Trinajstić information content (AvgIpc) is 3.35. The van der Waals surface area contributed by atoms with E-state index in [0.29, 0.717) is 11.3 Å². The van der Waals surface area contributed by atoms with Crippen molar-refractivity contribution in [1.29, 1.82) is 0 Å². The van der Waals surface area contributed by atoms with Gasteiger partial charge in [-0.15, -0.1) is 0 Å². The van der Waals surface area contributed by atoms with Gasteiger partial charge in [0.2, 0.25) is 0 Å². The summed E-state index contributed by atoms with van der Waals surface area (Å²) < 4.78 is 33.0. The smallest absolute Gasteiger partial charge is 0.184 e. The molecule has 28 heavy (non-hydrogen) atoms. The number of rotatable bonds is 4. The van der Waals surface area contributed by atoms with Crippen molar-refractivity contribution in [2.45, 2.75) is 28.8 Å². The third kappa shape index (κ3) is 2.72. The van der Waals surface area contributed by atoms with Gasteiger partial charge in [0.1, 0.15) is 6.10 Å². The fourth-order valence-corrected chi connectivity index (χ4v) is 6.23. The third-order valence-electron chi connectivity index (χ3n) is 5.63. The van der Waals surface area contributed by atoms with Crippen molar-refractivity contribution >= 4 is 21.0 Å². The minimum absolute atomic E-state index is 0.203. The second kappa shape index (κ2) is 6.73. The zero-order chi connectivity index (χ0) is 19.1. The first-order valence-electron chi connectivity index (χ1n) is 9.45. The molecule has 0 N–H and O–H groups in total. The van der Waals surface area contributed by atoms with Crippen molar-refractivity contribution in [2.75, 3.05) is 0 Å². The lowest BCUT2D eigenvalue weighted by molar-refractivity contribution is 0.128. The predicted octanol–water partition coefficient (Wildman–Crippen LogP) is 4.61. The van der Waals surface area contributed by atoms with Crippen LogP contribution in [0, 0.1) is 0 Å². The summed E-state index contributed by atoms with van der Waals surface area (Å²) in [5.74, 6) is 0. The molecule has 0 radical (unpaired) electrons. The van der Waals surface area contributed by atoms with E-state index in [4.69, 9.17) is 4.74 Å². The van der Waals surface area contributed by atoms with Crippen molar-refractivity contribution in [1.82, 2.24) is 0 Å². The number of benzene rings is 3. The molecule has 0 spiro atoms. The lowest BCUT2D eigenvalue weighted by Crippen LogP contribution is -2.32. The van der Waals surface area contributed by atoms with Crippen molar-refractivity contribution in [3.8, 4) is 0 Å². The van der Waals surface area contributed by atoms with E-state index in [-0.39, 0.29) is 6.10 Å². The van der Waals surface area contributed by atoms with Crippen LogP contribution in [0.5, 0.6) is 0 Å². The Bertz CT molecular complexity index is 1120. The molecule has 5 rings (SSSR count). The van der Waals surface area contributed by atoms with E-state index < -0.39 is 21.2 Å². The van der Waals surface area contributed by atoms with Crippen LogP contribution in [0.4, 0.5) is 0 Å². The van der Waals surface area contributed by atoms with Gasteiger partial charge in [-0.05, 0) is 40.8 Å². The lowest BCUT2D eigenvalue weighted by Gasteiger charge is -2.25. The van der Waals surface area contributed by atoms with Crippen LogP contribution < -0.4 is 0 Å². The highest BCUT2D eigenvalue weighted by molar-refractivity contribution is 7.92. The maximum atomic E-state index is 13.3. The molecule has 1 fully saturated rings. The van der Waals surface area contributed by atoms with Crippen LogP contribution in [0.3, 0.4) is 0 Å². The highest BCUT2D eigenvalue weighted by atomic mass is 32.2. The summed E-state index contributed by atoms with van der Waals surface area (Å²) >= 11 is 0. The normalized spacial score (nSPS) is 23.9. The first-order valence-corrected chi connectivity index (χ1v) is 11.0. The fourth-order valence-electron chi connectivity index (χ4n) is 4.39. The molecule has 3 nitrogen and oxygen atoms in total. The van der Waals surface area contributed by atoms with Gasteiger partial charge in [-0.3, -0.25) is 0 Å². The molecule has 2 bridgehead atoms. The molecule has 140 valence electrons. The van der Waals surface area contributed by atoms with Gasteiger partial charge >= 0.3 is 0 Å². The standard InChI is InChI=1S/C24H20O3S/c25-28(26,19-14-8-3-9-15-19)21-16-20-22(17-10-4-1-5-11-17)23(24(21)27-20)18-12-6-2-7-13-18/h1-15,20-21,24H,16H2/t20-,21+,24+/m1/s1. The van der Waals surface area contributed by atoms with Crippen LogP contribution in [-0.4, -0.2) is 25.9 Å². The molecule has 1 saturated heterocycles. The fraction of sp³-hybridized carbons (Fsp3) is 0.167. The quantitative estimate of drug-likeness (QED) is 0.655. The summed E-state index contributed by atoms with van der Waals surface area (Å²) in [5.41, 5.74) is 4.26. The van der Waals surface area contributed by atoms with E-state index in [9.17, 15) is 8.42 Å². The molecule has 2 heterocycles. The summed E-state index contributed by atoms with van der Waals surface area (Å²) in [4.78, 5) is 0.366. The highest BCUT2D eigenvalue weighted by Gasteiger charge is 2.52. The Balaban J connectivity index is 1.65. The predicted molar refractivity (Wildman–Crippen MR) is 110 cm³/mol. The number of fused-ring (bicyclic) bond motifs is 2. The van der Waals surface area contributed by atoms with Gasteiger partial charge in [-0.2, -0.15) is 0 Å². The van der Waals surface area contributed by atoms with Crippen molar-refractivity contribution in [3.05, 3.63) is 102 Å². The van der Waals surface area contributed by atoms with E-state index in [1.54, 1.807) is 24.3 Å². The highest BCUT2D eigenvalue weighted by Crippen LogP contribution is 2.51. The molecule has 3 aromatic carbocycles. The van der Waals surface area contributed by atoms with Crippen molar-refractivity contribution < 1.29 is 13.2 Å². The molecule has 3 aromatic rings. The largest absolute Gasteiger partial charge is 0.364 e. The topological polar surface area (TPSA) is 43.4 Å². The van der Waals surface area contributed by atoms with Gasteiger partial charge < -0.3 is 4.74 Å². The van der Waals surface area contributed by atoms with E-state index >= 15 is 0 Å². The molecule has 3 atom stereocenters. The number of hydrogen-bond acceptors (Lipinski definition) is 3. The van der Waals surface area contributed by atoms with Crippen LogP contribution in [0.15, 0.2) is 95.9 Å². The summed E-state index contributed by atoms with van der Waals surface area (Å²) in [7, 11) is -3.48. The number of sulfone groups is 1. The molecule has 0 aromatic heterocycles. The Kier molecular flexibility index (Phi) is 4.18. The Morgan fingerprint density at radius 3 is 1.75 bits per heavy atom. The SMILES string of the molecule is O=S(=O)(c1ccccc1)[C@H]1C[C@H]2O[C@@H]1C(c1ccccc1)=C2c1ccccc1. The van der Waals surface area contributed by atoms with Crippen LogP contribution in [0.25, 0.3) is 11.1 Å². The summed E-state index contributed by atoms with van der Waals surface area (Å²) in [6.45, 7) is 0. The van der Waals surface area contributed by atoms with Crippen LogP contribution in [0.1, 0.15) is 17.5 Å². The first-order chi connectivity index (χ1) is 13.7. The zero-order valence-electron chi connectivity index (χ0n) is 15.2. The van der Waals surface area contributed by atoms with Gasteiger partial charge in [0.05, 0.1) is 16.2 Å². The average molecular weight is 388 g/mol. The van der Waals surface area contributed by atoms with Gasteiger partial charge in [0.25, 0.3) is 0 Å². The Labute approximate surface area is 165 Å². The summed E-state index contributed by atoms with van der Waals surface area (Å²) in [6, 6.07) is 28.9. The third-order valence-corrected chi connectivity index (χ3v) is 7.80. The molecule has 2 aliphatic heterocycles. The molecular weight excluding hydrogens is 368 g/mol. The molecule has 0 saturated carbocycles. The summed E-state index contributed by atoms with van der Waals surface area (Å²) in [6.07, 6.45) is -0.165. The van der Waals surface area contributed by atoms with Crippen molar-refractivity contribution in [2.24, 2.45) is 0 Å². The van der Waals surface area contributed by atoms with Crippen LogP contribution in [0.2, 0.25) is 0 Å². The molecular formula is C24H20O3S. The monoisotopic (exact) mass is 388 g/mol. The molecule has 0 aliphatic carbocycles. The Morgan fingerprint density at radius 2 is 1.18 bits per heavy atom. The maximum Gasteiger partial charge on any atom is 0.184 e. The second-order valence-corrected chi connectivity index (χ2v) is 9.40. The second-order valence-electron chi connectivity index (χ2n) is 7.24. The first kappa shape index (κ1) is 17.4. The van der Waals surface area contributed by atoms with E-state index in [1.165, 1.54) is 0 Å². The number of hydrogen-bond donors (Lipinski definition) is 0. The van der Waals surface area contributed by atoms with E-state index in [0.717, 1.165) is 22.3 Å². The minimum atomic E-state index is -3.48. The van der Waals surface area contributed by atoms with E-state index in [2.05, 4.69) is 12.1 Å². The lowest BCUT2D eigenvalue weighted by atomic mass is 9.84. The Morgan fingerprint density at radius 1 is 0.679 bits per heavy atom. The Hall–Kier alpha value is -2.69. The zero-order valence-corrected chi connectivity index (χ0v) is 16.0. The number of ether oxygens (including phenoxy) is 1. The molecule has 2 aliphatic rings. The molecule has 4 heteroatoms. The van der Waals surface area contributed by atoms with Crippen LogP contribution >= 0.6 is 0 Å². The molecule has 0 unspecified atom stereocenters. The van der Waals surface area contributed by atoms with Gasteiger partial charge in [-0.25, -0.2) is 8.42 Å². The minimum Gasteiger partial charge on any atom is -0.364 e. The maximum absolute atomic E-state index is 13.3. The van der Waals surface area contributed by atoms with Gasteiger partial charge in [-0.1, -0.05) is 78.9 Å². The summed E-state index contributed by atoms with van der Waals surface area (Å²) in [5, 5.41) is -0.567.